The summed E-state index contributed by atoms with van der Waals surface area (Å²) in [5.74, 6) is 2.61. The summed E-state index contributed by atoms with van der Waals surface area (Å²) in [6.45, 7) is 2.43. The smallest absolute Gasteiger partial charge is 0.00585 e. The minimum Gasteiger partial charge on any atom is -0.315 e. The van der Waals surface area contributed by atoms with Gasteiger partial charge in [0.2, 0.25) is 0 Å². The average molecular weight is 135 g/mol. The van der Waals surface area contributed by atoms with Gasteiger partial charge in [0.15, 0.2) is 0 Å². The molecule has 0 saturated carbocycles. The lowest BCUT2D eigenvalue weighted by molar-refractivity contribution is 0.756. The molecule has 0 bridgehead atoms. The number of thioether (sulfide) groups is 1. The molecular weight excluding hydrogens is 126 g/mol. The van der Waals surface area contributed by atoms with Crippen molar-refractivity contribution in [1.82, 2.24) is 5.32 Å². The Morgan fingerprint density at radius 3 is 1.86 bits per heavy atom. The first kappa shape index (κ1) is 7.66. The van der Waals surface area contributed by atoms with E-state index in [9.17, 15) is 0 Å². The first-order chi connectivity index (χ1) is 3.00. The third-order valence-corrected chi connectivity index (χ3v) is 1.83. The van der Waals surface area contributed by atoms with E-state index in [4.69, 9.17) is 0 Å². The Hall–Kier alpha value is 0.660. The van der Waals surface area contributed by atoms with E-state index in [1.54, 1.807) is 0 Å². The fourth-order valence-corrected chi connectivity index (χ4v) is 1.30. The van der Waals surface area contributed by atoms with Crippen LogP contribution in [0.15, 0.2) is 0 Å². The number of hydrogen-bond acceptors (Lipinski definition) is 2. The van der Waals surface area contributed by atoms with Crippen LogP contribution < -0.4 is 5.32 Å². The monoisotopic (exact) mass is 135 g/mol. The SMILES string of the molecule is C1CSCCN1.[S]. The van der Waals surface area contributed by atoms with Gasteiger partial charge in [0, 0.05) is 38.1 Å². The zero-order chi connectivity index (χ0) is 4.24. The molecular formula is C4H9NS2. The molecule has 1 N–H and O–H groups in total. The van der Waals surface area contributed by atoms with Crippen LogP contribution in [-0.4, -0.2) is 24.6 Å². The largest absolute Gasteiger partial charge is 0.315 e. The minimum atomic E-state index is 0. The van der Waals surface area contributed by atoms with Crippen LogP contribution in [0.3, 0.4) is 0 Å². The van der Waals surface area contributed by atoms with Crippen molar-refractivity contribution >= 4 is 25.3 Å². The lowest BCUT2D eigenvalue weighted by Gasteiger charge is -2.08. The molecule has 0 aliphatic carbocycles. The fourth-order valence-electron chi connectivity index (χ4n) is 0.516. The summed E-state index contributed by atoms with van der Waals surface area (Å²) in [5, 5.41) is 3.26. The second kappa shape index (κ2) is 4.81. The molecule has 0 aromatic carbocycles. The van der Waals surface area contributed by atoms with Crippen LogP contribution in [0.1, 0.15) is 0 Å². The second-order valence-corrected chi connectivity index (χ2v) is 2.59. The Bertz CT molecular complexity index is 25.2. The summed E-state index contributed by atoms with van der Waals surface area (Å²) in [6, 6.07) is 0. The Balaban J connectivity index is 0.000000360. The number of rotatable bonds is 0. The highest BCUT2D eigenvalue weighted by molar-refractivity contribution is 7.99. The van der Waals surface area contributed by atoms with E-state index >= 15 is 0 Å². The van der Waals surface area contributed by atoms with Gasteiger partial charge < -0.3 is 5.32 Å². The maximum absolute atomic E-state index is 3.26. The maximum atomic E-state index is 3.26. The first-order valence-electron chi connectivity index (χ1n) is 2.28. The highest BCUT2D eigenvalue weighted by Gasteiger charge is 1.93. The van der Waals surface area contributed by atoms with Crippen molar-refractivity contribution in [1.29, 1.82) is 0 Å². The van der Waals surface area contributed by atoms with Crippen LogP contribution in [0, 0.1) is 0 Å². The molecule has 3 heteroatoms. The Morgan fingerprint density at radius 1 is 1.14 bits per heavy atom. The van der Waals surface area contributed by atoms with Crippen molar-refractivity contribution < 1.29 is 0 Å². The van der Waals surface area contributed by atoms with Crippen LogP contribution in [0.2, 0.25) is 0 Å². The van der Waals surface area contributed by atoms with Gasteiger partial charge in [-0.15, -0.1) is 0 Å². The molecule has 0 unspecified atom stereocenters. The van der Waals surface area contributed by atoms with Crippen LogP contribution in [-0.2, 0) is 0 Å². The third-order valence-electron chi connectivity index (χ3n) is 0.846. The summed E-state index contributed by atoms with van der Waals surface area (Å²) in [4.78, 5) is 0. The normalized spacial score (nSPS) is 20.6. The minimum absolute atomic E-state index is 0. The standard InChI is InChI=1S/C4H9NS.S/c1-3-6-4-2-5-1;/h5H,1-4H2;. The molecule has 2 radical (unpaired) electrons. The molecule has 42 valence electrons. The van der Waals surface area contributed by atoms with Gasteiger partial charge >= 0.3 is 0 Å². The maximum Gasteiger partial charge on any atom is 0.00585 e. The second-order valence-electron chi connectivity index (χ2n) is 1.36. The van der Waals surface area contributed by atoms with Gasteiger partial charge in [0.25, 0.3) is 0 Å². The Morgan fingerprint density at radius 2 is 1.71 bits per heavy atom. The van der Waals surface area contributed by atoms with Crippen molar-refractivity contribution in [3.63, 3.8) is 0 Å². The molecule has 0 aromatic heterocycles. The third kappa shape index (κ3) is 3.26. The zero-order valence-corrected chi connectivity index (χ0v) is 5.78. The summed E-state index contributed by atoms with van der Waals surface area (Å²) in [7, 11) is 0. The summed E-state index contributed by atoms with van der Waals surface area (Å²) in [6.07, 6.45) is 0. The van der Waals surface area contributed by atoms with Gasteiger partial charge in [-0.1, -0.05) is 0 Å². The van der Waals surface area contributed by atoms with E-state index in [-0.39, 0.29) is 13.5 Å². The average Bonchev–Trinajstić information content (AvgIpc) is 1.72. The highest BCUT2D eigenvalue weighted by Crippen LogP contribution is 1.99. The molecule has 1 saturated heterocycles. The number of nitrogens with one attached hydrogen (secondary N) is 1. The van der Waals surface area contributed by atoms with Crippen LogP contribution in [0.25, 0.3) is 0 Å². The molecule has 7 heavy (non-hydrogen) atoms. The van der Waals surface area contributed by atoms with Gasteiger partial charge in [-0.25, -0.2) is 0 Å². The van der Waals surface area contributed by atoms with Crippen molar-refractivity contribution in [2.24, 2.45) is 0 Å². The fraction of sp³-hybridized carbons (Fsp3) is 1.00. The van der Waals surface area contributed by atoms with Crippen molar-refractivity contribution in [2.75, 3.05) is 24.6 Å². The molecule has 0 atom stereocenters. The predicted octanol–water partition coefficient (Wildman–Crippen LogP) is 0.971. The molecule has 0 aromatic rings. The van der Waals surface area contributed by atoms with Gasteiger partial charge in [0.05, 0.1) is 0 Å². The lowest BCUT2D eigenvalue weighted by Crippen LogP contribution is -2.24. The lowest BCUT2D eigenvalue weighted by atomic mass is 10.6. The molecule has 1 rings (SSSR count). The molecule has 1 heterocycles. The number of hydrogen-bond donors (Lipinski definition) is 1. The quantitative estimate of drug-likeness (QED) is 0.531. The Labute approximate surface area is 55.7 Å². The van der Waals surface area contributed by atoms with E-state index in [0.29, 0.717) is 0 Å². The van der Waals surface area contributed by atoms with Crippen molar-refractivity contribution in [3.8, 4) is 0 Å². The predicted molar refractivity (Wildman–Crippen MR) is 37.8 cm³/mol. The van der Waals surface area contributed by atoms with Gasteiger partial charge in [-0.2, -0.15) is 11.8 Å². The van der Waals surface area contributed by atoms with Gasteiger partial charge in [-0.3, -0.25) is 0 Å². The van der Waals surface area contributed by atoms with E-state index in [1.165, 1.54) is 24.6 Å². The summed E-state index contributed by atoms with van der Waals surface area (Å²) >= 11 is 2.03. The van der Waals surface area contributed by atoms with Crippen molar-refractivity contribution in [3.05, 3.63) is 0 Å². The van der Waals surface area contributed by atoms with Crippen molar-refractivity contribution in [2.45, 2.75) is 0 Å². The van der Waals surface area contributed by atoms with E-state index in [1.807, 2.05) is 11.8 Å². The molecule has 0 amide bonds. The molecule has 1 aliphatic rings. The van der Waals surface area contributed by atoms with Crippen LogP contribution in [0.4, 0.5) is 0 Å². The zero-order valence-electron chi connectivity index (χ0n) is 4.14. The van der Waals surface area contributed by atoms with Gasteiger partial charge in [0.1, 0.15) is 0 Å². The molecule has 1 aliphatic heterocycles. The van der Waals surface area contributed by atoms with Crippen LogP contribution >= 0.6 is 25.3 Å². The highest BCUT2D eigenvalue weighted by atomic mass is 32.2. The van der Waals surface area contributed by atoms with Crippen LogP contribution in [0.5, 0.6) is 0 Å². The van der Waals surface area contributed by atoms with Gasteiger partial charge in [-0.05, 0) is 0 Å². The molecule has 0 spiro atoms. The molecule has 1 nitrogen and oxygen atoms in total. The Kier molecular flexibility index (Phi) is 5.26. The topological polar surface area (TPSA) is 12.0 Å². The van der Waals surface area contributed by atoms with E-state index in [0.717, 1.165) is 0 Å². The van der Waals surface area contributed by atoms with E-state index < -0.39 is 0 Å². The summed E-state index contributed by atoms with van der Waals surface area (Å²) in [5.41, 5.74) is 0. The first-order valence-corrected chi connectivity index (χ1v) is 3.44. The molecule has 1 fully saturated rings. The van der Waals surface area contributed by atoms with E-state index in [2.05, 4.69) is 5.32 Å². The summed E-state index contributed by atoms with van der Waals surface area (Å²) < 4.78 is 0.